The van der Waals surface area contributed by atoms with E-state index in [1.807, 2.05) is 17.0 Å². The van der Waals surface area contributed by atoms with E-state index in [1.165, 1.54) is 6.33 Å². The molecular weight excluding hydrogens is 278 g/mol. The van der Waals surface area contributed by atoms with Gasteiger partial charge in [-0.15, -0.1) is 0 Å². The van der Waals surface area contributed by atoms with Crippen molar-refractivity contribution in [2.45, 2.75) is 31.7 Å². The van der Waals surface area contributed by atoms with Gasteiger partial charge in [-0.3, -0.25) is 9.89 Å². The molecule has 1 aliphatic rings. The Morgan fingerprint density at radius 3 is 3.14 bits per heavy atom. The predicted molar refractivity (Wildman–Crippen MR) is 79.8 cm³/mol. The van der Waals surface area contributed by atoms with Crippen LogP contribution in [0.2, 0.25) is 0 Å². The van der Waals surface area contributed by atoms with E-state index in [-0.39, 0.29) is 11.9 Å². The number of likely N-dealkylation sites (tertiary alicyclic amines) is 1. The Kier molecular flexibility index (Phi) is 4.15. The SMILES string of the molecule is N#CCc1cccc(C(=O)N2CCCCC2c2ncn[nH]2)c1. The lowest BCUT2D eigenvalue weighted by atomic mass is 9.99. The van der Waals surface area contributed by atoms with Crippen LogP contribution in [0.5, 0.6) is 0 Å². The largest absolute Gasteiger partial charge is 0.328 e. The number of nitrogens with one attached hydrogen (secondary N) is 1. The number of nitriles is 1. The predicted octanol–water partition coefficient (Wildman–Crippen LogP) is 2.24. The highest BCUT2D eigenvalue weighted by molar-refractivity contribution is 5.94. The normalized spacial score (nSPS) is 18.0. The fourth-order valence-corrected chi connectivity index (χ4v) is 2.91. The molecule has 1 atom stereocenters. The number of H-pyrrole nitrogens is 1. The summed E-state index contributed by atoms with van der Waals surface area (Å²) in [5.74, 6) is 0.724. The number of piperidine rings is 1. The summed E-state index contributed by atoms with van der Waals surface area (Å²) in [7, 11) is 0. The third-order valence-electron chi connectivity index (χ3n) is 3.97. The molecule has 1 aromatic carbocycles. The molecule has 1 amide bonds. The number of hydrogen-bond donors (Lipinski definition) is 1. The second-order valence-electron chi connectivity index (χ2n) is 5.42. The maximum atomic E-state index is 12.8. The standard InChI is InChI=1S/C16H17N5O/c17-8-7-12-4-3-5-13(10-12)16(22)21-9-2-1-6-14(21)15-18-11-19-20-15/h3-5,10-11,14H,1-2,6-7,9H2,(H,18,19,20). The van der Waals surface area contributed by atoms with Gasteiger partial charge in [0.15, 0.2) is 0 Å². The van der Waals surface area contributed by atoms with E-state index in [1.54, 1.807) is 12.1 Å². The maximum absolute atomic E-state index is 12.8. The average molecular weight is 295 g/mol. The van der Waals surface area contributed by atoms with Gasteiger partial charge in [0.25, 0.3) is 5.91 Å². The van der Waals surface area contributed by atoms with Gasteiger partial charge in [-0.25, -0.2) is 4.98 Å². The first-order valence-corrected chi connectivity index (χ1v) is 7.41. The van der Waals surface area contributed by atoms with E-state index in [0.29, 0.717) is 18.5 Å². The molecule has 6 heteroatoms. The minimum absolute atomic E-state index is 0.0131. The number of hydrogen-bond acceptors (Lipinski definition) is 4. The van der Waals surface area contributed by atoms with Gasteiger partial charge in [0.05, 0.1) is 18.5 Å². The van der Waals surface area contributed by atoms with Crippen molar-refractivity contribution >= 4 is 5.91 Å². The van der Waals surface area contributed by atoms with E-state index < -0.39 is 0 Å². The first-order chi connectivity index (χ1) is 10.8. The number of benzene rings is 1. The highest BCUT2D eigenvalue weighted by Crippen LogP contribution is 2.30. The topological polar surface area (TPSA) is 85.7 Å². The van der Waals surface area contributed by atoms with Crippen LogP contribution in [-0.4, -0.2) is 32.5 Å². The lowest BCUT2D eigenvalue weighted by Crippen LogP contribution is -2.39. The minimum Gasteiger partial charge on any atom is -0.328 e. The molecule has 2 aromatic rings. The quantitative estimate of drug-likeness (QED) is 0.941. The van der Waals surface area contributed by atoms with Crippen molar-refractivity contribution in [3.8, 4) is 6.07 Å². The Morgan fingerprint density at radius 2 is 2.36 bits per heavy atom. The molecule has 0 saturated carbocycles. The molecule has 1 aromatic heterocycles. The summed E-state index contributed by atoms with van der Waals surface area (Å²) in [5, 5.41) is 15.6. The molecule has 22 heavy (non-hydrogen) atoms. The molecule has 0 spiro atoms. The Hall–Kier alpha value is -2.68. The maximum Gasteiger partial charge on any atom is 0.254 e. The Balaban J connectivity index is 1.86. The second kappa shape index (κ2) is 6.39. The highest BCUT2D eigenvalue weighted by Gasteiger charge is 2.30. The highest BCUT2D eigenvalue weighted by atomic mass is 16.2. The molecule has 0 aliphatic carbocycles. The molecule has 6 nitrogen and oxygen atoms in total. The molecule has 1 N–H and O–H groups in total. The van der Waals surface area contributed by atoms with Crippen LogP contribution >= 0.6 is 0 Å². The summed E-state index contributed by atoms with van der Waals surface area (Å²) in [6.45, 7) is 0.715. The van der Waals surface area contributed by atoms with Crippen LogP contribution in [0.3, 0.4) is 0 Å². The summed E-state index contributed by atoms with van der Waals surface area (Å²) < 4.78 is 0. The van der Waals surface area contributed by atoms with Crippen LogP contribution in [0.25, 0.3) is 0 Å². The molecule has 0 radical (unpaired) electrons. The van der Waals surface area contributed by atoms with E-state index >= 15 is 0 Å². The smallest absolute Gasteiger partial charge is 0.254 e. The van der Waals surface area contributed by atoms with Crippen molar-refractivity contribution in [1.29, 1.82) is 5.26 Å². The van der Waals surface area contributed by atoms with Gasteiger partial charge in [0, 0.05) is 12.1 Å². The molecule has 112 valence electrons. The van der Waals surface area contributed by atoms with Crippen LogP contribution in [0, 0.1) is 11.3 Å². The average Bonchev–Trinajstić information content (AvgIpc) is 3.09. The lowest BCUT2D eigenvalue weighted by molar-refractivity contribution is 0.0600. The van der Waals surface area contributed by atoms with Gasteiger partial charge < -0.3 is 4.90 Å². The molecule has 1 aliphatic heterocycles. The monoisotopic (exact) mass is 295 g/mol. The molecule has 2 heterocycles. The van der Waals surface area contributed by atoms with Gasteiger partial charge in [-0.05, 0) is 37.0 Å². The molecule has 1 saturated heterocycles. The number of carbonyl (C=O) groups is 1. The molecule has 3 rings (SSSR count). The fourth-order valence-electron chi connectivity index (χ4n) is 2.91. The van der Waals surface area contributed by atoms with Crippen molar-refractivity contribution < 1.29 is 4.79 Å². The van der Waals surface area contributed by atoms with Gasteiger partial charge in [0.2, 0.25) is 0 Å². The summed E-state index contributed by atoms with van der Waals surface area (Å²) >= 11 is 0. The summed E-state index contributed by atoms with van der Waals surface area (Å²) in [5.41, 5.74) is 1.49. The molecular formula is C16H17N5O. The van der Waals surface area contributed by atoms with Crippen LogP contribution < -0.4 is 0 Å². The number of rotatable bonds is 3. The number of carbonyl (C=O) groups excluding carboxylic acids is 1. The minimum atomic E-state index is -0.0524. The Labute approximate surface area is 128 Å². The second-order valence-corrected chi connectivity index (χ2v) is 5.42. The first-order valence-electron chi connectivity index (χ1n) is 7.41. The van der Waals surface area contributed by atoms with Gasteiger partial charge >= 0.3 is 0 Å². The zero-order valence-corrected chi connectivity index (χ0v) is 12.2. The molecule has 1 unspecified atom stereocenters. The zero-order valence-electron chi connectivity index (χ0n) is 12.2. The third-order valence-corrected chi connectivity index (χ3v) is 3.97. The fraction of sp³-hybridized carbons (Fsp3) is 0.375. The first kappa shape index (κ1) is 14.3. The van der Waals surface area contributed by atoms with Gasteiger partial charge in [-0.1, -0.05) is 12.1 Å². The molecule has 1 fully saturated rings. The van der Waals surface area contributed by atoms with Crippen LogP contribution in [0.15, 0.2) is 30.6 Å². The third kappa shape index (κ3) is 2.84. The van der Waals surface area contributed by atoms with Crippen LogP contribution in [-0.2, 0) is 6.42 Å². The Bertz CT molecular complexity index is 689. The lowest BCUT2D eigenvalue weighted by Gasteiger charge is -2.34. The van der Waals surface area contributed by atoms with Gasteiger partial charge in [0.1, 0.15) is 12.2 Å². The summed E-state index contributed by atoms with van der Waals surface area (Å²) in [4.78, 5) is 18.9. The van der Waals surface area contributed by atoms with E-state index in [4.69, 9.17) is 5.26 Å². The summed E-state index contributed by atoms with van der Waals surface area (Å²) in [6.07, 6.45) is 4.74. The van der Waals surface area contributed by atoms with Gasteiger partial charge in [-0.2, -0.15) is 10.4 Å². The molecule has 0 bridgehead atoms. The zero-order chi connectivity index (χ0) is 15.4. The number of aromatic nitrogens is 3. The Morgan fingerprint density at radius 1 is 1.45 bits per heavy atom. The van der Waals surface area contributed by atoms with Crippen molar-refractivity contribution in [1.82, 2.24) is 20.1 Å². The number of amides is 1. The van der Waals surface area contributed by atoms with Crippen molar-refractivity contribution in [3.63, 3.8) is 0 Å². The van der Waals surface area contributed by atoms with E-state index in [9.17, 15) is 4.79 Å². The number of aromatic amines is 1. The van der Waals surface area contributed by atoms with E-state index in [2.05, 4.69) is 21.3 Å². The van der Waals surface area contributed by atoms with Crippen LogP contribution in [0.4, 0.5) is 0 Å². The summed E-state index contributed by atoms with van der Waals surface area (Å²) in [6, 6.07) is 9.36. The van der Waals surface area contributed by atoms with Crippen LogP contribution in [0.1, 0.15) is 47.1 Å². The van der Waals surface area contributed by atoms with Crippen molar-refractivity contribution in [2.24, 2.45) is 0 Å². The van der Waals surface area contributed by atoms with E-state index in [0.717, 1.165) is 30.7 Å². The number of nitrogens with zero attached hydrogens (tertiary/aromatic N) is 4. The van der Waals surface area contributed by atoms with Crippen molar-refractivity contribution in [2.75, 3.05) is 6.54 Å². The van der Waals surface area contributed by atoms with Crippen molar-refractivity contribution in [3.05, 3.63) is 47.5 Å².